The summed E-state index contributed by atoms with van der Waals surface area (Å²) in [6.45, 7) is 0.345. The van der Waals surface area contributed by atoms with Gasteiger partial charge < -0.3 is 10.6 Å². The Morgan fingerprint density at radius 3 is 2.76 bits per heavy atom. The molecule has 0 atom stereocenters. The Bertz CT molecular complexity index is 515. The van der Waals surface area contributed by atoms with Gasteiger partial charge in [0.05, 0.1) is 12.2 Å². The lowest BCUT2D eigenvalue weighted by Crippen LogP contribution is -2.14. The summed E-state index contributed by atoms with van der Waals surface area (Å²) in [6, 6.07) is 9.85. The smallest absolute Gasteiger partial charge is 0.144 e. The van der Waals surface area contributed by atoms with E-state index in [4.69, 9.17) is 5.73 Å². The number of nitrogens with two attached hydrogens (primary N) is 1. The Morgan fingerprint density at radius 1 is 1.29 bits per heavy atom. The van der Waals surface area contributed by atoms with E-state index >= 15 is 0 Å². The van der Waals surface area contributed by atoms with E-state index in [9.17, 15) is 0 Å². The molecule has 0 fully saturated rings. The number of nitrogens with zero attached hydrogens (tertiary/aromatic N) is 3. The Morgan fingerprint density at radius 2 is 2.06 bits per heavy atom. The Balaban J connectivity index is 2.37. The predicted octanol–water partition coefficient (Wildman–Crippen LogP) is 2.47. The van der Waals surface area contributed by atoms with E-state index in [1.165, 1.54) is 0 Å². The molecule has 0 radical (unpaired) electrons. The van der Waals surface area contributed by atoms with Crippen LogP contribution in [0.25, 0.3) is 0 Å². The molecule has 1 aromatic heterocycles. The summed E-state index contributed by atoms with van der Waals surface area (Å²) >= 11 is 3.52. The zero-order valence-corrected chi connectivity index (χ0v) is 11.1. The second-order valence-electron chi connectivity index (χ2n) is 3.55. The van der Waals surface area contributed by atoms with Crippen LogP contribution >= 0.6 is 15.9 Å². The minimum absolute atomic E-state index is 0.345. The molecule has 17 heavy (non-hydrogen) atoms. The van der Waals surface area contributed by atoms with E-state index < -0.39 is 0 Å². The van der Waals surface area contributed by atoms with Crippen molar-refractivity contribution in [1.29, 1.82) is 0 Å². The standard InChI is InChI=1S/C12H13BrN4/c1-17(10-5-3-2-4-9(10)13)12-6-7-15-11(8-14)16-12/h2-7H,8,14H2,1H3. The van der Waals surface area contributed by atoms with Crippen LogP contribution in [0.3, 0.4) is 0 Å². The van der Waals surface area contributed by atoms with Crippen LogP contribution in [0.2, 0.25) is 0 Å². The molecule has 0 spiro atoms. The topological polar surface area (TPSA) is 55.0 Å². The van der Waals surface area contributed by atoms with Crippen molar-refractivity contribution >= 4 is 27.4 Å². The van der Waals surface area contributed by atoms with Crippen molar-refractivity contribution in [1.82, 2.24) is 9.97 Å². The number of hydrogen-bond acceptors (Lipinski definition) is 4. The van der Waals surface area contributed by atoms with Crippen molar-refractivity contribution in [2.45, 2.75) is 6.54 Å². The number of aromatic nitrogens is 2. The summed E-state index contributed by atoms with van der Waals surface area (Å²) in [5, 5.41) is 0. The lowest BCUT2D eigenvalue weighted by Gasteiger charge is -2.19. The van der Waals surface area contributed by atoms with E-state index in [2.05, 4.69) is 25.9 Å². The molecule has 5 heteroatoms. The molecular weight excluding hydrogens is 280 g/mol. The SMILES string of the molecule is CN(c1ccnc(CN)n1)c1ccccc1Br. The van der Waals surface area contributed by atoms with Crippen LogP contribution in [0, 0.1) is 0 Å². The molecule has 0 aliphatic rings. The van der Waals surface area contributed by atoms with Gasteiger partial charge in [0.15, 0.2) is 0 Å². The van der Waals surface area contributed by atoms with E-state index in [1.807, 2.05) is 42.3 Å². The van der Waals surface area contributed by atoms with E-state index in [-0.39, 0.29) is 0 Å². The number of hydrogen-bond donors (Lipinski definition) is 1. The van der Waals surface area contributed by atoms with E-state index in [1.54, 1.807) is 6.20 Å². The highest BCUT2D eigenvalue weighted by Crippen LogP contribution is 2.29. The monoisotopic (exact) mass is 292 g/mol. The highest BCUT2D eigenvalue weighted by atomic mass is 79.9. The molecule has 0 aliphatic carbocycles. The molecule has 0 unspecified atom stereocenters. The van der Waals surface area contributed by atoms with Crippen LogP contribution in [-0.4, -0.2) is 17.0 Å². The number of anilines is 2. The van der Waals surface area contributed by atoms with Gasteiger partial charge in [-0.2, -0.15) is 0 Å². The van der Waals surface area contributed by atoms with Crippen LogP contribution in [0.1, 0.15) is 5.82 Å². The highest BCUT2D eigenvalue weighted by Gasteiger charge is 2.08. The maximum absolute atomic E-state index is 5.53. The number of para-hydroxylation sites is 1. The lowest BCUT2D eigenvalue weighted by atomic mass is 10.3. The summed E-state index contributed by atoms with van der Waals surface area (Å²) in [6.07, 6.45) is 1.72. The molecule has 1 heterocycles. The molecule has 2 N–H and O–H groups in total. The van der Waals surface area contributed by atoms with Gasteiger partial charge in [-0.3, -0.25) is 0 Å². The van der Waals surface area contributed by atoms with Gasteiger partial charge in [0.2, 0.25) is 0 Å². The fourth-order valence-electron chi connectivity index (χ4n) is 1.52. The van der Waals surface area contributed by atoms with Gasteiger partial charge >= 0.3 is 0 Å². The fourth-order valence-corrected chi connectivity index (χ4v) is 2.07. The summed E-state index contributed by atoms with van der Waals surface area (Å²) < 4.78 is 1.02. The summed E-state index contributed by atoms with van der Waals surface area (Å²) in [5.74, 6) is 1.47. The second-order valence-corrected chi connectivity index (χ2v) is 4.40. The third-order valence-corrected chi connectivity index (χ3v) is 3.10. The first-order chi connectivity index (χ1) is 8.22. The van der Waals surface area contributed by atoms with Crippen LogP contribution in [0.15, 0.2) is 41.0 Å². The zero-order valence-electron chi connectivity index (χ0n) is 9.47. The van der Waals surface area contributed by atoms with Gasteiger partial charge in [0.1, 0.15) is 11.6 Å². The molecule has 0 aliphatic heterocycles. The van der Waals surface area contributed by atoms with Gasteiger partial charge in [-0.25, -0.2) is 9.97 Å². The fraction of sp³-hybridized carbons (Fsp3) is 0.167. The molecule has 4 nitrogen and oxygen atoms in total. The van der Waals surface area contributed by atoms with Crippen LogP contribution in [-0.2, 0) is 6.54 Å². The average molecular weight is 293 g/mol. The molecule has 0 amide bonds. The largest absolute Gasteiger partial charge is 0.328 e. The van der Waals surface area contributed by atoms with Crippen molar-refractivity contribution in [3.05, 3.63) is 46.8 Å². The zero-order chi connectivity index (χ0) is 12.3. The first-order valence-electron chi connectivity index (χ1n) is 5.22. The first-order valence-corrected chi connectivity index (χ1v) is 6.02. The van der Waals surface area contributed by atoms with Gasteiger partial charge in [-0.05, 0) is 34.1 Å². The summed E-state index contributed by atoms with van der Waals surface area (Å²) in [7, 11) is 1.96. The third kappa shape index (κ3) is 2.62. The summed E-state index contributed by atoms with van der Waals surface area (Å²) in [4.78, 5) is 10.5. The molecule has 0 bridgehead atoms. The van der Waals surface area contributed by atoms with Crippen molar-refractivity contribution in [2.24, 2.45) is 5.73 Å². The molecule has 0 saturated heterocycles. The van der Waals surface area contributed by atoms with Crippen molar-refractivity contribution in [3.8, 4) is 0 Å². The van der Waals surface area contributed by atoms with Gasteiger partial charge in [-0.1, -0.05) is 12.1 Å². The molecule has 1 aromatic carbocycles. The Hall–Kier alpha value is -1.46. The number of rotatable bonds is 3. The molecule has 88 valence electrons. The molecular formula is C12H13BrN4. The van der Waals surface area contributed by atoms with E-state index in [0.717, 1.165) is 16.0 Å². The lowest BCUT2D eigenvalue weighted by molar-refractivity contribution is 0.899. The van der Waals surface area contributed by atoms with Gasteiger partial charge in [0, 0.05) is 17.7 Å². The van der Waals surface area contributed by atoms with E-state index in [0.29, 0.717) is 12.4 Å². The molecule has 2 aromatic rings. The van der Waals surface area contributed by atoms with Crippen LogP contribution < -0.4 is 10.6 Å². The van der Waals surface area contributed by atoms with Crippen molar-refractivity contribution in [3.63, 3.8) is 0 Å². The molecule has 0 saturated carbocycles. The normalized spacial score (nSPS) is 10.3. The minimum Gasteiger partial charge on any atom is -0.328 e. The first kappa shape index (κ1) is 12.0. The van der Waals surface area contributed by atoms with Crippen LogP contribution in [0.4, 0.5) is 11.5 Å². The Kier molecular flexibility index (Phi) is 3.71. The van der Waals surface area contributed by atoms with Crippen LogP contribution in [0.5, 0.6) is 0 Å². The van der Waals surface area contributed by atoms with Gasteiger partial charge in [0.25, 0.3) is 0 Å². The van der Waals surface area contributed by atoms with Crippen molar-refractivity contribution in [2.75, 3.05) is 11.9 Å². The summed E-state index contributed by atoms with van der Waals surface area (Å²) in [5.41, 5.74) is 6.58. The maximum Gasteiger partial charge on any atom is 0.144 e. The molecule has 2 rings (SSSR count). The third-order valence-electron chi connectivity index (χ3n) is 2.43. The Labute approximate surface area is 109 Å². The highest BCUT2D eigenvalue weighted by molar-refractivity contribution is 9.10. The second kappa shape index (κ2) is 5.25. The van der Waals surface area contributed by atoms with Gasteiger partial charge in [-0.15, -0.1) is 0 Å². The predicted molar refractivity (Wildman–Crippen MR) is 72.1 cm³/mol. The van der Waals surface area contributed by atoms with Crippen molar-refractivity contribution < 1.29 is 0 Å². The number of halogens is 1. The minimum atomic E-state index is 0.345. The maximum atomic E-state index is 5.53. The quantitative estimate of drug-likeness (QED) is 0.944. The number of benzene rings is 1. The average Bonchev–Trinajstić information content (AvgIpc) is 2.38.